The lowest BCUT2D eigenvalue weighted by Crippen LogP contribution is -2.11. The molecule has 0 radical (unpaired) electrons. The molecular weight excluding hydrogens is 257 g/mol. The number of anilines is 1. The predicted octanol–water partition coefficient (Wildman–Crippen LogP) is 2.42. The zero-order chi connectivity index (χ0) is 14.4. The molecule has 0 unspecified atom stereocenters. The van der Waals surface area contributed by atoms with Crippen molar-refractivity contribution in [2.75, 3.05) is 11.9 Å². The molecule has 1 amide bonds. The summed E-state index contributed by atoms with van der Waals surface area (Å²) >= 11 is 0. The van der Waals surface area contributed by atoms with Crippen LogP contribution in [0.4, 0.5) is 10.1 Å². The van der Waals surface area contributed by atoms with Gasteiger partial charge in [-0.2, -0.15) is 0 Å². The van der Waals surface area contributed by atoms with Crippen molar-refractivity contribution in [3.05, 3.63) is 65.5 Å². The molecule has 0 fully saturated rings. The van der Waals surface area contributed by atoms with Gasteiger partial charge in [-0.15, -0.1) is 0 Å². The molecule has 0 saturated heterocycles. The fourth-order valence-corrected chi connectivity index (χ4v) is 1.62. The second kappa shape index (κ2) is 6.50. The Morgan fingerprint density at radius 2 is 1.95 bits per heavy atom. The lowest BCUT2D eigenvalue weighted by Gasteiger charge is -2.05. The van der Waals surface area contributed by atoms with Crippen molar-refractivity contribution in [2.45, 2.75) is 0 Å². The molecule has 100 valence electrons. The van der Waals surface area contributed by atoms with E-state index in [-0.39, 0.29) is 18.3 Å². The van der Waals surface area contributed by atoms with E-state index in [1.807, 2.05) is 0 Å². The highest BCUT2D eigenvalue weighted by Crippen LogP contribution is 2.12. The number of hydrogen-bond acceptors (Lipinski definition) is 2. The first kappa shape index (κ1) is 13.8. The second-order valence-corrected chi connectivity index (χ2v) is 4.00. The third-order valence-electron chi connectivity index (χ3n) is 2.54. The summed E-state index contributed by atoms with van der Waals surface area (Å²) in [4.78, 5) is 11.9. The number of carbonyl (C=O) groups excluding carboxylic acids is 1. The minimum absolute atomic E-state index is 0.216. The topological polar surface area (TPSA) is 49.3 Å². The average molecular weight is 269 g/mol. The molecule has 0 aliphatic rings. The van der Waals surface area contributed by atoms with Crippen LogP contribution in [0.5, 0.6) is 0 Å². The Labute approximate surface area is 116 Å². The van der Waals surface area contributed by atoms with Gasteiger partial charge >= 0.3 is 0 Å². The smallest absolute Gasteiger partial charge is 0.255 e. The highest BCUT2D eigenvalue weighted by molar-refractivity contribution is 6.04. The van der Waals surface area contributed by atoms with Gasteiger partial charge in [0.05, 0.1) is 0 Å². The van der Waals surface area contributed by atoms with Crippen LogP contribution in [0.2, 0.25) is 0 Å². The van der Waals surface area contributed by atoms with Crippen molar-refractivity contribution in [3.63, 3.8) is 0 Å². The van der Waals surface area contributed by atoms with E-state index in [4.69, 9.17) is 5.11 Å². The van der Waals surface area contributed by atoms with Gasteiger partial charge in [-0.1, -0.05) is 17.9 Å². The van der Waals surface area contributed by atoms with Gasteiger partial charge in [0.15, 0.2) is 0 Å². The number of nitrogens with one attached hydrogen (secondary N) is 1. The Hall–Kier alpha value is -2.64. The van der Waals surface area contributed by atoms with E-state index in [1.165, 1.54) is 24.3 Å². The van der Waals surface area contributed by atoms with Crippen LogP contribution in [0.3, 0.4) is 0 Å². The fourth-order valence-electron chi connectivity index (χ4n) is 1.62. The highest BCUT2D eigenvalue weighted by Gasteiger charge is 2.06. The van der Waals surface area contributed by atoms with Crippen molar-refractivity contribution >= 4 is 11.6 Å². The lowest BCUT2D eigenvalue weighted by atomic mass is 10.1. The molecule has 20 heavy (non-hydrogen) atoms. The maximum absolute atomic E-state index is 12.8. The summed E-state index contributed by atoms with van der Waals surface area (Å²) in [5, 5.41) is 11.3. The number of rotatable bonds is 2. The molecule has 0 aliphatic carbocycles. The molecule has 2 aromatic rings. The van der Waals surface area contributed by atoms with Crippen molar-refractivity contribution < 1.29 is 14.3 Å². The minimum Gasteiger partial charge on any atom is -0.384 e. The van der Waals surface area contributed by atoms with Gasteiger partial charge in [0.2, 0.25) is 0 Å². The molecule has 0 saturated carbocycles. The van der Waals surface area contributed by atoms with Gasteiger partial charge in [0, 0.05) is 16.8 Å². The molecule has 2 N–H and O–H groups in total. The minimum atomic E-state index is -0.386. The Morgan fingerprint density at radius 1 is 1.20 bits per heavy atom. The first-order valence-electron chi connectivity index (χ1n) is 5.96. The van der Waals surface area contributed by atoms with Crippen LogP contribution in [-0.2, 0) is 0 Å². The van der Waals surface area contributed by atoms with E-state index in [0.717, 1.165) is 0 Å². The van der Waals surface area contributed by atoms with E-state index in [9.17, 15) is 9.18 Å². The molecule has 3 nitrogen and oxygen atoms in total. The maximum atomic E-state index is 12.8. The summed E-state index contributed by atoms with van der Waals surface area (Å²) in [6.07, 6.45) is 0. The Morgan fingerprint density at radius 3 is 2.65 bits per heavy atom. The highest BCUT2D eigenvalue weighted by atomic mass is 19.1. The van der Waals surface area contributed by atoms with Crippen LogP contribution in [0.15, 0.2) is 48.5 Å². The second-order valence-electron chi connectivity index (χ2n) is 4.00. The van der Waals surface area contributed by atoms with Crippen LogP contribution in [-0.4, -0.2) is 17.6 Å². The van der Waals surface area contributed by atoms with E-state index < -0.39 is 0 Å². The zero-order valence-electron chi connectivity index (χ0n) is 10.6. The summed E-state index contributed by atoms with van der Waals surface area (Å²) in [6.45, 7) is -0.216. The summed E-state index contributed by atoms with van der Waals surface area (Å²) in [6, 6.07) is 12.3. The largest absolute Gasteiger partial charge is 0.384 e. The number of hydrogen-bond donors (Lipinski definition) is 2. The zero-order valence-corrected chi connectivity index (χ0v) is 10.6. The fraction of sp³-hybridized carbons (Fsp3) is 0.0625. The summed E-state index contributed by atoms with van der Waals surface area (Å²) in [5.41, 5.74) is 1.65. The normalized spacial score (nSPS) is 9.50. The Kier molecular flexibility index (Phi) is 4.48. The number of aliphatic hydroxyl groups is 1. The third kappa shape index (κ3) is 3.67. The van der Waals surface area contributed by atoms with E-state index in [2.05, 4.69) is 17.2 Å². The Bertz CT molecular complexity index is 669. The van der Waals surface area contributed by atoms with Gasteiger partial charge < -0.3 is 10.4 Å². The van der Waals surface area contributed by atoms with Gasteiger partial charge in [-0.3, -0.25) is 4.79 Å². The standard InChI is InChI=1S/C16H12FNO2/c17-14-8-6-13(7-9-14)16(20)18-15-5-1-3-12(11-15)4-2-10-19/h1,3,5-9,11,19H,10H2,(H,18,20). The van der Waals surface area contributed by atoms with E-state index >= 15 is 0 Å². The molecule has 0 heterocycles. The molecule has 0 atom stereocenters. The predicted molar refractivity (Wildman–Crippen MR) is 74.8 cm³/mol. The number of carbonyl (C=O) groups is 1. The SMILES string of the molecule is O=C(Nc1cccc(C#CCO)c1)c1ccc(F)cc1. The van der Waals surface area contributed by atoms with Crippen molar-refractivity contribution in [3.8, 4) is 11.8 Å². The third-order valence-corrected chi connectivity index (χ3v) is 2.54. The molecule has 0 aliphatic heterocycles. The van der Waals surface area contributed by atoms with Gasteiger partial charge in [-0.25, -0.2) is 4.39 Å². The van der Waals surface area contributed by atoms with Crippen molar-refractivity contribution in [2.24, 2.45) is 0 Å². The first-order valence-corrected chi connectivity index (χ1v) is 5.96. The monoisotopic (exact) mass is 269 g/mol. The molecule has 0 bridgehead atoms. The van der Waals surface area contributed by atoms with Crippen LogP contribution in [0.1, 0.15) is 15.9 Å². The molecular formula is C16H12FNO2. The number of benzene rings is 2. The summed E-state index contributed by atoms with van der Waals surface area (Å²) < 4.78 is 12.8. The average Bonchev–Trinajstić information content (AvgIpc) is 2.46. The Balaban J connectivity index is 2.13. The van der Waals surface area contributed by atoms with Crippen LogP contribution >= 0.6 is 0 Å². The van der Waals surface area contributed by atoms with Crippen molar-refractivity contribution in [1.82, 2.24) is 0 Å². The molecule has 2 rings (SSSR count). The van der Waals surface area contributed by atoms with Crippen molar-refractivity contribution in [1.29, 1.82) is 0 Å². The van der Waals surface area contributed by atoms with E-state index in [1.54, 1.807) is 24.3 Å². The van der Waals surface area contributed by atoms with Crippen LogP contribution in [0.25, 0.3) is 0 Å². The first-order chi connectivity index (χ1) is 9.69. The number of halogens is 1. The lowest BCUT2D eigenvalue weighted by molar-refractivity contribution is 0.102. The van der Waals surface area contributed by atoms with E-state index in [0.29, 0.717) is 16.8 Å². The quantitative estimate of drug-likeness (QED) is 0.823. The summed E-state index contributed by atoms with van der Waals surface area (Å²) in [5.74, 6) is 4.58. The molecule has 2 aromatic carbocycles. The van der Waals surface area contributed by atoms with Crippen LogP contribution in [0, 0.1) is 17.7 Å². The molecule has 0 aromatic heterocycles. The molecule has 0 spiro atoms. The number of amides is 1. The molecule has 4 heteroatoms. The van der Waals surface area contributed by atoms with Crippen LogP contribution < -0.4 is 5.32 Å². The maximum Gasteiger partial charge on any atom is 0.255 e. The number of aliphatic hydroxyl groups excluding tert-OH is 1. The van der Waals surface area contributed by atoms with Gasteiger partial charge in [-0.05, 0) is 42.5 Å². The summed E-state index contributed by atoms with van der Waals surface area (Å²) in [7, 11) is 0. The van der Waals surface area contributed by atoms with Gasteiger partial charge in [0.1, 0.15) is 12.4 Å². The van der Waals surface area contributed by atoms with Gasteiger partial charge in [0.25, 0.3) is 5.91 Å².